The minimum Gasteiger partial charge on any atom is -0.383 e. The van der Waals surface area contributed by atoms with Crippen molar-refractivity contribution in [2.45, 2.75) is 44.6 Å². The minimum absolute atomic E-state index is 0.448. The lowest BCUT2D eigenvalue weighted by Gasteiger charge is -2.29. The molecule has 0 bridgehead atoms. The molecule has 2 aliphatic rings. The third-order valence-corrected chi connectivity index (χ3v) is 6.30. The van der Waals surface area contributed by atoms with Crippen LogP contribution in [0, 0.1) is 0 Å². The van der Waals surface area contributed by atoms with Crippen LogP contribution >= 0.6 is 0 Å². The molecule has 5 rings (SSSR count). The van der Waals surface area contributed by atoms with Gasteiger partial charge in [0.15, 0.2) is 0 Å². The second-order valence-electron chi connectivity index (χ2n) is 8.05. The van der Waals surface area contributed by atoms with Crippen molar-refractivity contribution in [3.8, 4) is 0 Å². The molecule has 1 aromatic carbocycles. The molecule has 0 saturated carbocycles. The SMILES string of the molecule is CN1CCc2c(c3cc(CF)ccc3n2CC2(O)CCc3cnccc32)C1. The molecule has 0 radical (unpaired) electrons. The van der Waals surface area contributed by atoms with E-state index in [1.54, 1.807) is 6.20 Å². The third-order valence-electron chi connectivity index (χ3n) is 6.30. The Morgan fingerprint density at radius 1 is 1.26 bits per heavy atom. The number of hydrogen-bond donors (Lipinski definition) is 1. The van der Waals surface area contributed by atoms with Crippen LogP contribution in [0.4, 0.5) is 4.39 Å². The molecule has 2 aromatic heterocycles. The highest BCUT2D eigenvalue weighted by atomic mass is 19.1. The van der Waals surface area contributed by atoms with E-state index < -0.39 is 12.3 Å². The van der Waals surface area contributed by atoms with Gasteiger partial charge in [-0.2, -0.15) is 0 Å². The van der Waals surface area contributed by atoms with Gasteiger partial charge in [0.05, 0.1) is 6.54 Å². The van der Waals surface area contributed by atoms with Crippen LogP contribution in [-0.2, 0) is 38.2 Å². The van der Waals surface area contributed by atoms with Gasteiger partial charge in [0.25, 0.3) is 0 Å². The average Bonchev–Trinajstić information content (AvgIpc) is 3.17. The van der Waals surface area contributed by atoms with Crippen LogP contribution in [0.5, 0.6) is 0 Å². The highest BCUT2D eigenvalue weighted by Crippen LogP contribution is 2.40. The van der Waals surface area contributed by atoms with Crippen LogP contribution in [0.3, 0.4) is 0 Å². The van der Waals surface area contributed by atoms with E-state index >= 15 is 0 Å². The fourth-order valence-corrected chi connectivity index (χ4v) is 4.88. The number of pyridine rings is 1. The smallest absolute Gasteiger partial charge is 0.115 e. The van der Waals surface area contributed by atoms with Gasteiger partial charge in [-0.1, -0.05) is 6.07 Å². The molecule has 0 spiro atoms. The lowest BCUT2D eigenvalue weighted by Crippen LogP contribution is -2.32. The number of aromatic nitrogens is 2. The van der Waals surface area contributed by atoms with E-state index in [-0.39, 0.29) is 0 Å². The van der Waals surface area contributed by atoms with Crippen molar-refractivity contribution >= 4 is 10.9 Å². The molecule has 27 heavy (non-hydrogen) atoms. The first-order valence-corrected chi connectivity index (χ1v) is 9.62. The Balaban J connectivity index is 1.66. The Hall–Kier alpha value is -2.24. The summed E-state index contributed by atoms with van der Waals surface area (Å²) in [5.41, 5.74) is 5.65. The molecule has 0 fully saturated rings. The predicted octanol–water partition coefficient (Wildman–Crippen LogP) is 3.33. The van der Waals surface area contributed by atoms with E-state index in [0.29, 0.717) is 18.5 Å². The lowest BCUT2D eigenvalue weighted by molar-refractivity contribution is 0.0206. The lowest BCUT2D eigenvalue weighted by atomic mass is 9.96. The normalized spacial score (nSPS) is 22.2. The monoisotopic (exact) mass is 365 g/mol. The summed E-state index contributed by atoms with van der Waals surface area (Å²) in [6.07, 6.45) is 6.16. The van der Waals surface area contributed by atoms with E-state index in [0.717, 1.165) is 48.0 Å². The van der Waals surface area contributed by atoms with E-state index in [1.807, 2.05) is 30.5 Å². The molecule has 1 aliphatic heterocycles. The summed E-state index contributed by atoms with van der Waals surface area (Å²) in [6, 6.07) is 7.83. The van der Waals surface area contributed by atoms with Gasteiger partial charge in [-0.05, 0) is 60.3 Å². The first kappa shape index (κ1) is 16.9. The molecule has 1 aliphatic carbocycles. The summed E-state index contributed by atoms with van der Waals surface area (Å²) in [4.78, 5) is 6.51. The highest BCUT2D eigenvalue weighted by Gasteiger charge is 2.38. The second kappa shape index (κ2) is 6.14. The molecule has 1 atom stereocenters. The highest BCUT2D eigenvalue weighted by molar-refractivity contribution is 5.86. The quantitative estimate of drug-likeness (QED) is 0.774. The molecule has 3 aromatic rings. The molecule has 3 heterocycles. The minimum atomic E-state index is -0.875. The van der Waals surface area contributed by atoms with E-state index in [4.69, 9.17) is 0 Å². The van der Waals surface area contributed by atoms with Gasteiger partial charge in [-0.3, -0.25) is 4.98 Å². The van der Waals surface area contributed by atoms with Crippen LogP contribution in [0.1, 0.15) is 34.4 Å². The fraction of sp³-hybridized carbons (Fsp3) is 0.409. The molecule has 5 heteroatoms. The first-order valence-electron chi connectivity index (χ1n) is 9.62. The number of aliphatic hydroxyl groups is 1. The molecule has 1 N–H and O–H groups in total. The third kappa shape index (κ3) is 2.60. The zero-order valence-electron chi connectivity index (χ0n) is 15.6. The fourth-order valence-electron chi connectivity index (χ4n) is 4.88. The van der Waals surface area contributed by atoms with Crippen LogP contribution < -0.4 is 0 Å². The summed E-state index contributed by atoms with van der Waals surface area (Å²) >= 11 is 0. The Bertz CT molecular complexity index is 1030. The van der Waals surface area contributed by atoms with Crippen molar-refractivity contribution < 1.29 is 9.50 Å². The van der Waals surface area contributed by atoms with Gasteiger partial charge in [0.1, 0.15) is 12.3 Å². The second-order valence-corrected chi connectivity index (χ2v) is 8.05. The van der Waals surface area contributed by atoms with Gasteiger partial charge in [-0.15, -0.1) is 0 Å². The maximum Gasteiger partial charge on any atom is 0.115 e. The van der Waals surface area contributed by atoms with Gasteiger partial charge in [-0.25, -0.2) is 4.39 Å². The van der Waals surface area contributed by atoms with E-state index in [2.05, 4.69) is 21.5 Å². The predicted molar refractivity (Wildman–Crippen MR) is 103 cm³/mol. The van der Waals surface area contributed by atoms with Gasteiger partial charge >= 0.3 is 0 Å². The molecular weight excluding hydrogens is 341 g/mol. The Kier molecular flexibility index (Phi) is 3.85. The Morgan fingerprint density at radius 2 is 2.15 bits per heavy atom. The largest absolute Gasteiger partial charge is 0.383 e. The zero-order chi connectivity index (χ0) is 18.6. The molecule has 1 unspecified atom stereocenters. The molecule has 140 valence electrons. The van der Waals surface area contributed by atoms with Crippen molar-refractivity contribution in [3.63, 3.8) is 0 Å². The number of benzene rings is 1. The Morgan fingerprint density at radius 3 is 3.00 bits per heavy atom. The maximum absolute atomic E-state index is 13.3. The van der Waals surface area contributed by atoms with Gasteiger partial charge in [0, 0.05) is 48.5 Å². The van der Waals surface area contributed by atoms with Crippen LogP contribution in [0.15, 0.2) is 36.7 Å². The van der Waals surface area contributed by atoms with Crippen molar-refractivity contribution in [1.29, 1.82) is 0 Å². The number of nitrogens with zero attached hydrogens (tertiary/aromatic N) is 3. The summed E-state index contributed by atoms with van der Waals surface area (Å²) in [7, 11) is 2.12. The summed E-state index contributed by atoms with van der Waals surface area (Å²) in [5.74, 6) is 0. The molecule has 0 saturated heterocycles. The number of likely N-dealkylation sites (N-methyl/N-ethyl adjacent to an activating group) is 1. The van der Waals surface area contributed by atoms with E-state index in [9.17, 15) is 9.50 Å². The first-order chi connectivity index (χ1) is 13.1. The summed E-state index contributed by atoms with van der Waals surface area (Å²) in [5, 5.41) is 12.6. The molecule has 0 amide bonds. The van der Waals surface area contributed by atoms with Crippen molar-refractivity contribution in [2.75, 3.05) is 13.6 Å². The number of halogens is 1. The summed E-state index contributed by atoms with van der Waals surface area (Å²) in [6.45, 7) is 1.95. The zero-order valence-corrected chi connectivity index (χ0v) is 15.6. The molecule has 4 nitrogen and oxygen atoms in total. The number of fused-ring (bicyclic) bond motifs is 4. The van der Waals surface area contributed by atoms with Crippen molar-refractivity contribution in [2.24, 2.45) is 0 Å². The maximum atomic E-state index is 13.3. The topological polar surface area (TPSA) is 41.3 Å². The van der Waals surface area contributed by atoms with E-state index in [1.165, 1.54) is 11.3 Å². The summed E-state index contributed by atoms with van der Waals surface area (Å²) < 4.78 is 15.5. The van der Waals surface area contributed by atoms with Gasteiger partial charge < -0.3 is 14.6 Å². The van der Waals surface area contributed by atoms with Crippen LogP contribution in [0.2, 0.25) is 0 Å². The van der Waals surface area contributed by atoms with Gasteiger partial charge in [0.2, 0.25) is 0 Å². The van der Waals surface area contributed by atoms with Crippen molar-refractivity contribution in [1.82, 2.24) is 14.5 Å². The van der Waals surface area contributed by atoms with Crippen LogP contribution in [0.25, 0.3) is 10.9 Å². The Labute approximate surface area is 158 Å². The number of alkyl halides is 1. The molecular formula is C22H24FN3O. The number of hydrogen-bond acceptors (Lipinski definition) is 3. The standard InChI is InChI=1S/C22H24FN3O/c1-25-9-6-21-18(13-25)17-10-15(11-23)2-3-20(17)26(21)14-22(27)7-4-16-12-24-8-5-19(16)22/h2-3,5,8,10,12,27H,4,6-7,9,11,13-14H2,1H3. The van der Waals surface area contributed by atoms with Crippen LogP contribution in [-0.4, -0.2) is 33.1 Å². The van der Waals surface area contributed by atoms with Crippen molar-refractivity contribution in [3.05, 3.63) is 64.6 Å². The number of aryl methyl sites for hydroxylation is 1. The average molecular weight is 365 g/mol. The number of rotatable bonds is 3.